The lowest BCUT2D eigenvalue weighted by atomic mass is 9.95. The maximum Gasteiger partial charge on any atom is 0.296 e. The molecule has 1 aliphatic rings. The van der Waals surface area contributed by atoms with Crippen LogP contribution < -0.4 is 9.64 Å². The van der Waals surface area contributed by atoms with Gasteiger partial charge in [-0.15, -0.1) is 10.2 Å². The van der Waals surface area contributed by atoms with Gasteiger partial charge in [0, 0.05) is 5.75 Å². The van der Waals surface area contributed by atoms with Gasteiger partial charge in [0.15, 0.2) is 27.4 Å². The number of hydrogen-bond donors (Lipinski definition) is 2. The number of carbonyl (C=O) groups excluding carboxylic acids is 2. The minimum absolute atomic E-state index is 0.0395. The normalized spacial score (nSPS) is 15.5. The minimum atomic E-state index is -1.09. The first-order valence-corrected chi connectivity index (χ1v) is 13.4. The van der Waals surface area contributed by atoms with Crippen LogP contribution in [-0.4, -0.2) is 39.2 Å². The molecule has 1 aliphatic heterocycles. The fourth-order valence-corrected chi connectivity index (χ4v) is 6.16. The number of aliphatic hydroxyl groups excluding tert-OH is 1. The topological polar surface area (TPSA) is 126 Å². The Morgan fingerprint density at radius 3 is 2.68 bits per heavy atom. The van der Waals surface area contributed by atoms with Crippen molar-refractivity contribution in [2.45, 2.75) is 16.1 Å². The number of aromatic hydroxyl groups is 1. The highest BCUT2D eigenvalue weighted by Gasteiger charge is 2.47. The number of thioether (sulfide) groups is 1. The number of ether oxygens (including phenoxy) is 1. The first-order chi connectivity index (χ1) is 17.9. The van der Waals surface area contributed by atoms with Crippen molar-refractivity contribution in [1.29, 1.82) is 0 Å². The number of hydrogen-bond acceptors (Lipinski definition) is 10. The summed E-state index contributed by atoms with van der Waals surface area (Å²) >= 11 is 5.91. The number of halogens is 1. The highest BCUT2D eigenvalue weighted by molar-refractivity contribution is 9.10. The van der Waals surface area contributed by atoms with E-state index < -0.39 is 23.5 Å². The molecule has 1 amide bonds. The maximum absolute atomic E-state index is 13.4. The summed E-state index contributed by atoms with van der Waals surface area (Å²) in [6.45, 7) is 0. The third-order valence-electron chi connectivity index (χ3n) is 5.59. The van der Waals surface area contributed by atoms with E-state index in [1.807, 2.05) is 30.3 Å². The molecule has 0 spiro atoms. The van der Waals surface area contributed by atoms with Crippen molar-refractivity contribution in [3.8, 4) is 11.5 Å². The summed E-state index contributed by atoms with van der Waals surface area (Å²) in [6, 6.07) is 14.8. The molecule has 3 heterocycles. The van der Waals surface area contributed by atoms with Crippen molar-refractivity contribution in [3.05, 3.63) is 93.6 Å². The Morgan fingerprint density at radius 2 is 1.97 bits per heavy atom. The SMILES string of the molecule is COc1cc(C2C(C(=O)c3ccco3)=C(O)C(=O)N2c2nnc(SCc3ccccc3)s2)cc(Br)c1O. The molecule has 0 fully saturated rings. The van der Waals surface area contributed by atoms with Crippen LogP contribution in [0.2, 0.25) is 0 Å². The van der Waals surface area contributed by atoms with E-state index in [2.05, 4.69) is 26.1 Å². The number of anilines is 1. The first kappa shape index (κ1) is 25.1. The van der Waals surface area contributed by atoms with Gasteiger partial charge < -0.3 is 19.4 Å². The second kappa shape index (κ2) is 10.4. The lowest BCUT2D eigenvalue weighted by molar-refractivity contribution is -0.117. The van der Waals surface area contributed by atoms with Crippen LogP contribution >= 0.6 is 39.0 Å². The number of Topliss-reactive ketones (excluding diaryl/α,β-unsaturated/α-hetero) is 1. The number of phenols is 1. The number of furan rings is 1. The monoisotopic (exact) mass is 599 g/mol. The number of aromatic nitrogens is 2. The van der Waals surface area contributed by atoms with E-state index in [0.717, 1.165) is 16.9 Å². The molecular formula is C25H18BrN3O6S2. The van der Waals surface area contributed by atoms with Gasteiger partial charge in [0.2, 0.25) is 10.9 Å². The molecule has 0 saturated heterocycles. The average Bonchev–Trinajstić information content (AvgIpc) is 3.66. The molecule has 0 saturated carbocycles. The predicted molar refractivity (Wildman–Crippen MR) is 141 cm³/mol. The van der Waals surface area contributed by atoms with Crippen molar-refractivity contribution < 1.29 is 29.0 Å². The number of nitrogens with zero attached hydrogens (tertiary/aromatic N) is 3. The zero-order chi connectivity index (χ0) is 26.1. The van der Waals surface area contributed by atoms with Crippen LogP contribution in [0.25, 0.3) is 0 Å². The lowest BCUT2D eigenvalue weighted by Crippen LogP contribution is -2.31. The second-order valence-electron chi connectivity index (χ2n) is 7.82. The standard InChI is InChI=1S/C25H18BrN3O6S2/c1-34-17-11-14(10-15(26)20(17)30)19-18(21(31)16-8-5-9-35-16)22(32)23(33)29(19)24-27-28-25(37-24)36-12-13-6-3-2-4-7-13/h2-11,19,30,32H,12H2,1H3. The zero-order valence-electron chi connectivity index (χ0n) is 19.1. The Labute approximate surface area is 227 Å². The lowest BCUT2D eigenvalue weighted by Gasteiger charge is -2.24. The first-order valence-electron chi connectivity index (χ1n) is 10.8. The zero-order valence-corrected chi connectivity index (χ0v) is 22.3. The van der Waals surface area contributed by atoms with E-state index in [0.29, 0.717) is 15.7 Å². The number of amides is 1. The summed E-state index contributed by atoms with van der Waals surface area (Å²) in [5.41, 5.74) is 1.31. The van der Waals surface area contributed by atoms with Crippen molar-refractivity contribution in [3.63, 3.8) is 0 Å². The largest absolute Gasteiger partial charge is 0.503 e. The third-order valence-corrected chi connectivity index (χ3v) is 8.32. The molecule has 188 valence electrons. The molecule has 4 aromatic rings. The van der Waals surface area contributed by atoms with Gasteiger partial charge in [-0.1, -0.05) is 53.4 Å². The molecule has 0 aliphatic carbocycles. The molecule has 0 bridgehead atoms. The van der Waals surface area contributed by atoms with Crippen molar-refractivity contribution in [1.82, 2.24) is 10.2 Å². The Hall–Kier alpha value is -3.61. The molecule has 37 heavy (non-hydrogen) atoms. The van der Waals surface area contributed by atoms with Gasteiger partial charge in [-0.25, -0.2) is 0 Å². The number of benzene rings is 2. The summed E-state index contributed by atoms with van der Waals surface area (Å²) < 4.78 is 11.4. The van der Waals surface area contributed by atoms with Gasteiger partial charge in [0.25, 0.3) is 5.91 Å². The Morgan fingerprint density at radius 1 is 1.19 bits per heavy atom. The minimum Gasteiger partial charge on any atom is -0.503 e. The van der Waals surface area contributed by atoms with E-state index >= 15 is 0 Å². The van der Waals surface area contributed by atoms with Crippen LogP contribution in [0.4, 0.5) is 5.13 Å². The fraction of sp³-hybridized carbons (Fsp3) is 0.120. The summed E-state index contributed by atoms with van der Waals surface area (Å²) in [5, 5.41) is 29.8. The number of methoxy groups -OCH3 is 1. The van der Waals surface area contributed by atoms with E-state index in [9.17, 15) is 19.8 Å². The summed E-state index contributed by atoms with van der Waals surface area (Å²) in [4.78, 5) is 27.9. The molecule has 2 aromatic heterocycles. The predicted octanol–water partition coefficient (Wildman–Crippen LogP) is 5.68. The number of carbonyl (C=O) groups is 2. The molecule has 0 radical (unpaired) electrons. The van der Waals surface area contributed by atoms with E-state index in [-0.39, 0.29) is 32.4 Å². The fourth-order valence-electron chi connectivity index (χ4n) is 3.88. The number of rotatable bonds is 8. The van der Waals surface area contributed by atoms with Gasteiger partial charge in [0.05, 0.1) is 29.5 Å². The molecule has 2 aromatic carbocycles. The van der Waals surface area contributed by atoms with E-state index in [4.69, 9.17) is 9.15 Å². The van der Waals surface area contributed by atoms with E-state index in [1.54, 1.807) is 6.07 Å². The van der Waals surface area contributed by atoms with Crippen LogP contribution in [0.1, 0.15) is 27.7 Å². The van der Waals surface area contributed by atoms with E-state index in [1.165, 1.54) is 48.2 Å². The quantitative estimate of drug-likeness (QED) is 0.149. The smallest absolute Gasteiger partial charge is 0.296 e. The molecule has 9 nitrogen and oxygen atoms in total. The third kappa shape index (κ3) is 4.75. The summed E-state index contributed by atoms with van der Waals surface area (Å²) in [6.07, 6.45) is 1.33. The summed E-state index contributed by atoms with van der Waals surface area (Å²) in [5.74, 6) is -1.60. The Kier molecular flexibility index (Phi) is 7.04. The maximum atomic E-state index is 13.4. The van der Waals surface area contributed by atoms with Gasteiger partial charge in [-0.05, 0) is 51.3 Å². The van der Waals surface area contributed by atoms with Crippen LogP contribution in [0, 0.1) is 0 Å². The van der Waals surface area contributed by atoms with Crippen LogP contribution in [0.15, 0.2) is 85.4 Å². The Balaban J connectivity index is 1.56. The number of ketones is 1. The highest BCUT2D eigenvalue weighted by atomic mass is 79.9. The van der Waals surface area contributed by atoms with Gasteiger partial charge in [0.1, 0.15) is 0 Å². The van der Waals surface area contributed by atoms with Gasteiger partial charge in [-0.2, -0.15) is 0 Å². The highest BCUT2D eigenvalue weighted by Crippen LogP contribution is 2.47. The molecule has 12 heteroatoms. The molecular weight excluding hydrogens is 582 g/mol. The molecule has 1 atom stereocenters. The number of aliphatic hydroxyl groups is 1. The van der Waals surface area contributed by atoms with Crippen molar-refractivity contribution in [2.75, 3.05) is 12.0 Å². The second-order valence-corrected chi connectivity index (χ2v) is 10.9. The molecule has 5 rings (SSSR count). The van der Waals surface area contributed by atoms with Crippen LogP contribution in [-0.2, 0) is 10.5 Å². The van der Waals surface area contributed by atoms with Gasteiger partial charge >= 0.3 is 0 Å². The van der Waals surface area contributed by atoms with Crippen LogP contribution in [0.3, 0.4) is 0 Å². The Bertz CT molecular complexity index is 1500. The van der Waals surface area contributed by atoms with Crippen molar-refractivity contribution >= 4 is 55.9 Å². The van der Waals surface area contributed by atoms with Gasteiger partial charge in [-0.3, -0.25) is 14.5 Å². The average molecular weight is 600 g/mol. The summed E-state index contributed by atoms with van der Waals surface area (Å²) in [7, 11) is 1.38. The van der Waals surface area contributed by atoms with Crippen molar-refractivity contribution in [2.24, 2.45) is 0 Å². The molecule has 1 unspecified atom stereocenters. The number of phenolic OH excluding ortho intramolecular Hbond substituents is 1. The van der Waals surface area contributed by atoms with Crippen LogP contribution in [0.5, 0.6) is 11.5 Å². The molecule has 2 N–H and O–H groups in total.